The Kier molecular flexibility index (Phi) is 7.47. The first-order chi connectivity index (χ1) is 13.4. The number of carbonyl (C=O) groups is 1. The van der Waals surface area contributed by atoms with Gasteiger partial charge in [0.25, 0.3) is 5.56 Å². The molecule has 2 N–H and O–H groups in total. The summed E-state index contributed by atoms with van der Waals surface area (Å²) in [7, 11) is 1.33. The van der Waals surface area contributed by atoms with Crippen LogP contribution in [0.1, 0.15) is 29.9 Å². The third kappa shape index (κ3) is 4.47. The van der Waals surface area contributed by atoms with Crippen molar-refractivity contribution in [1.29, 1.82) is 0 Å². The summed E-state index contributed by atoms with van der Waals surface area (Å²) in [6.45, 7) is 4.86. The van der Waals surface area contributed by atoms with Crippen LogP contribution < -0.4 is 11.3 Å². The Balaban J connectivity index is 0.00000300. The molecule has 1 heterocycles. The normalized spacial score (nSPS) is 10.8. The highest BCUT2D eigenvalue weighted by Gasteiger charge is 2.19. The maximum atomic E-state index is 13.2. The molecule has 3 aromatic rings. The smallest absolute Gasteiger partial charge is 0.337 e. The van der Waals surface area contributed by atoms with Crippen LogP contribution in [0.25, 0.3) is 21.9 Å². The molecule has 154 valence electrons. The van der Waals surface area contributed by atoms with Crippen molar-refractivity contribution in [2.75, 3.05) is 7.11 Å². The van der Waals surface area contributed by atoms with Crippen molar-refractivity contribution in [1.82, 2.24) is 4.57 Å². The van der Waals surface area contributed by atoms with Crippen molar-refractivity contribution in [3.63, 3.8) is 0 Å². The fourth-order valence-corrected chi connectivity index (χ4v) is 3.58. The first-order valence-corrected chi connectivity index (χ1v) is 9.49. The number of methoxy groups -OCH3 is 1. The second kappa shape index (κ2) is 9.44. The SMILES string of the molecule is COC(=O)c1ccc2c(=O)n(CC(C)C)c(CN)c(-c3ccc(Cl)cc3)c2c1.Cl. The Morgan fingerprint density at radius 2 is 1.79 bits per heavy atom. The van der Waals surface area contributed by atoms with Gasteiger partial charge in [-0.05, 0) is 47.2 Å². The van der Waals surface area contributed by atoms with Gasteiger partial charge in [0.2, 0.25) is 0 Å². The van der Waals surface area contributed by atoms with Gasteiger partial charge in [0.1, 0.15) is 0 Å². The quantitative estimate of drug-likeness (QED) is 0.593. The van der Waals surface area contributed by atoms with Gasteiger partial charge < -0.3 is 15.0 Å². The Morgan fingerprint density at radius 3 is 2.34 bits per heavy atom. The van der Waals surface area contributed by atoms with Crippen LogP contribution in [0.2, 0.25) is 5.02 Å². The van der Waals surface area contributed by atoms with Crippen molar-refractivity contribution in [3.05, 3.63) is 69.1 Å². The fourth-order valence-electron chi connectivity index (χ4n) is 3.45. The van der Waals surface area contributed by atoms with E-state index in [1.165, 1.54) is 7.11 Å². The van der Waals surface area contributed by atoms with E-state index >= 15 is 0 Å². The summed E-state index contributed by atoms with van der Waals surface area (Å²) in [6, 6.07) is 12.4. The molecule has 7 heteroatoms. The number of aromatic nitrogens is 1. The third-order valence-corrected chi connectivity index (χ3v) is 4.93. The number of nitrogens with zero attached hydrogens (tertiary/aromatic N) is 1. The highest BCUT2D eigenvalue weighted by molar-refractivity contribution is 6.30. The summed E-state index contributed by atoms with van der Waals surface area (Å²) >= 11 is 6.06. The monoisotopic (exact) mass is 434 g/mol. The van der Waals surface area contributed by atoms with E-state index in [0.29, 0.717) is 27.9 Å². The van der Waals surface area contributed by atoms with Gasteiger partial charge in [-0.25, -0.2) is 4.79 Å². The molecule has 0 saturated carbocycles. The van der Waals surface area contributed by atoms with Crippen LogP contribution in [0.4, 0.5) is 0 Å². The molecule has 0 bridgehead atoms. The summed E-state index contributed by atoms with van der Waals surface area (Å²) < 4.78 is 6.59. The molecule has 3 rings (SSSR count). The first kappa shape index (κ1) is 22.9. The van der Waals surface area contributed by atoms with Gasteiger partial charge in [0.05, 0.1) is 12.7 Å². The minimum absolute atomic E-state index is 0. The van der Waals surface area contributed by atoms with Crippen molar-refractivity contribution in [3.8, 4) is 11.1 Å². The number of nitrogens with two attached hydrogens (primary N) is 1. The molecule has 0 aliphatic rings. The Labute approximate surface area is 180 Å². The van der Waals surface area contributed by atoms with Crippen LogP contribution in [0, 0.1) is 5.92 Å². The number of ether oxygens (including phenoxy) is 1. The molecule has 0 fully saturated rings. The van der Waals surface area contributed by atoms with Crippen LogP contribution in [0.3, 0.4) is 0 Å². The minimum Gasteiger partial charge on any atom is -0.465 e. The molecule has 0 radical (unpaired) electrons. The predicted molar refractivity (Wildman–Crippen MR) is 120 cm³/mol. The molecule has 0 spiro atoms. The van der Waals surface area contributed by atoms with E-state index in [9.17, 15) is 9.59 Å². The maximum Gasteiger partial charge on any atom is 0.337 e. The summed E-state index contributed by atoms with van der Waals surface area (Å²) in [4.78, 5) is 25.3. The van der Waals surface area contributed by atoms with Gasteiger partial charge >= 0.3 is 5.97 Å². The Hall–Kier alpha value is -2.34. The second-order valence-corrected chi connectivity index (χ2v) is 7.53. The van der Waals surface area contributed by atoms with Crippen LogP contribution in [-0.2, 0) is 17.8 Å². The number of hydrogen-bond donors (Lipinski definition) is 1. The van der Waals surface area contributed by atoms with Crippen LogP contribution in [0.15, 0.2) is 47.3 Å². The Bertz CT molecular complexity index is 1090. The standard InChI is InChI=1S/C22H23ClN2O3.ClH/c1-13(2)12-25-19(11-24)20(14-4-7-16(23)8-5-14)18-10-15(22(27)28-3)6-9-17(18)21(25)26;/h4-10,13H,11-12,24H2,1-3H3;1H. The molecular formula is C22H24Cl2N2O3. The van der Waals surface area contributed by atoms with E-state index in [0.717, 1.165) is 16.8 Å². The summed E-state index contributed by atoms with van der Waals surface area (Å²) in [5, 5.41) is 1.83. The highest BCUT2D eigenvalue weighted by atomic mass is 35.5. The van der Waals surface area contributed by atoms with Crippen molar-refractivity contribution in [2.45, 2.75) is 26.9 Å². The van der Waals surface area contributed by atoms with E-state index < -0.39 is 5.97 Å². The molecule has 0 unspecified atom stereocenters. The zero-order chi connectivity index (χ0) is 20.4. The van der Waals surface area contributed by atoms with E-state index in [2.05, 4.69) is 13.8 Å². The number of hydrogen-bond acceptors (Lipinski definition) is 4. The molecule has 5 nitrogen and oxygen atoms in total. The number of esters is 1. The zero-order valence-corrected chi connectivity index (χ0v) is 18.1. The van der Waals surface area contributed by atoms with Gasteiger partial charge in [0, 0.05) is 34.8 Å². The van der Waals surface area contributed by atoms with E-state index in [1.807, 2.05) is 12.1 Å². The molecule has 29 heavy (non-hydrogen) atoms. The number of carbonyl (C=O) groups excluding carboxylic acids is 1. The molecule has 0 amide bonds. The lowest BCUT2D eigenvalue weighted by molar-refractivity contribution is 0.0601. The fraction of sp³-hybridized carbons (Fsp3) is 0.273. The molecule has 0 atom stereocenters. The molecular weight excluding hydrogens is 411 g/mol. The summed E-state index contributed by atoms with van der Waals surface area (Å²) in [5.41, 5.74) is 8.82. The van der Waals surface area contributed by atoms with Crippen LogP contribution in [0.5, 0.6) is 0 Å². The Morgan fingerprint density at radius 1 is 1.14 bits per heavy atom. The first-order valence-electron chi connectivity index (χ1n) is 9.11. The van der Waals surface area contributed by atoms with Gasteiger partial charge in [0.15, 0.2) is 0 Å². The van der Waals surface area contributed by atoms with Gasteiger partial charge in [-0.2, -0.15) is 0 Å². The minimum atomic E-state index is -0.454. The third-order valence-electron chi connectivity index (χ3n) is 4.67. The van der Waals surface area contributed by atoms with Gasteiger partial charge in [-0.15, -0.1) is 12.4 Å². The molecule has 0 aliphatic heterocycles. The maximum absolute atomic E-state index is 13.2. The molecule has 0 aliphatic carbocycles. The van der Waals surface area contributed by atoms with Gasteiger partial charge in [-0.1, -0.05) is 37.6 Å². The van der Waals surface area contributed by atoms with Gasteiger partial charge in [-0.3, -0.25) is 4.79 Å². The highest BCUT2D eigenvalue weighted by Crippen LogP contribution is 2.32. The summed E-state index contributed by atoms with van der Waals surface area (Å²) in [6.07, 6.45) is 0. The lowest BCUT2D eigenvalue weighted by atomic mass is 9.95. The zero-order valence-electron chi connectivity index (χ0n) is 16.6. The lowest BCUT2D eigenvalue weighted by Crippen LogP contribution is -2.28. The number of pyridine rings is 1. The van der Waals surface area contributed by atoms with Crippen LogP contribution in [-0.4, -0.2) is 17.6 Å². The summed E-state index contributed by atoms with van der Waals surface area (Å²) in [5.74, 6) is -0.183. The van der Waals surface area contributed by atoms with E-state index in [1.54, 1.807) is 34.9 Å². The van der Waals surface area contributed by atoms with E-state index in [-0.39, 0.29) is 30.4 Å². The average molecular weight is 435 g/mol. The second-order valence-electron chi connectivity index (χ2n) is 7.09. The number of halogens is 2. The lowest BCUT2D eigenvalue weighted by Gasteiger charge is -2.21. The molecule has 2 aromatic carbocycles. The molecule has 1 aromatic heterocycles. The van der Waals surface area contributed by atoms with Crippen molar-refractivity contribution >= 4 is 40.7 Å². The average Bonchev–Trinajstić information content (AvgIpc) is 2.69. The topological polar surface area (TPSA) is 74.3 Å². The van der Waals surface area contributed by atoms with E-state index in [4.69, 9.17) is 22.1 Å². The number of benzene rings is 2. The largest absolute Gasteiger partial charge is 0.465 e. The number of fused-ring (bicyclic) bond motifs is 1. The van der Waals surface area contributed by atoms with Crippen molar-refractivity contribution < 1.29 is 9.53 Å². The number of rotatable bonds is 5. The van der Waals surface area contributed by atoms with Crippen LogP contribution >= 0.6 is 24.0 Å². The predicted octanol–water partition coefficient (Wildman–Crippen LogP) is 4.65. The van der Waals surface area contributed by atoms with Crippen molar-refractivity contribution in [2.24, 2.45) is 11.7 Å². The molecule has 0 saturated heterocycles.